The highest BCUT2D eigenvalue weighted by atomic mass is 32.1. The summed E-state index contributed by atoms with van der Waals surface area (Å²) in [6, 6.07) is 15.7. The highest BCUT2D eigenvalue weighted by molar-refractivity contribution is 7.11. The molecule has 1 amide bonds. The van der Waals surface area contributed by atoms with Crippen LogP contribution in [0, 0.1) is 6.92 Å². The normalized spacial score (nSPS) is 14.5. The van der Waals surface area contributed by atoms with Crippen LogP contribution in [-0.4, -0.2) is 40.2 Å². The van der Waals surface area contributed by atoms with Crippen LogP contribution in [0.1, 0.15) is 39.0 Å². The Morgan fingerprint density at radius 3 is 2.82 bits per heavy atom. The molecular formula is C28H23N9OS. The maximum Gasteiger partial charge on any atom is 0.263 e. The fourth-order valence-corrected chi connectivity index (χ4v) is 5.85. The number of carbonyl (C=O) groups is 1. The van der Waals surface area contributed by atoms with E-state index in [9.17, 15) is 4.79 Å². The van der Waals surface area contributed by atoms with Crippen molar-refractivity contribution in [3.8, 4) is 22.9 Å². The molecule has 0 bridgehead atoms. The molecule has 1 aliphatic rings. The molecular weight excluding hydrogens is 510 g/mol. The number of hydrogen-bond acceptors (Lipinski definition) is 8. The average molecular weight is 534 g/mol. The van der Waals surface area contributed by atoms with Crippen LogP contribution in [0.2, 0.25) is 0 Å². The molecule has 10 nitrogen and oxygen atoms in total. The van der Waals surface area contributed by atoms with Gasteiger partial charge in [-0.1, -0.05) is 6.07 Å². The predicted octanol–water partition coefficient (Wildman–Crippen LogP) is 4.43. The number of nitrogens with two attached hydrogens (primary N) is 1. The van der Waals surface area contributed by atoms with Gasteiger partial charge in [0, 0.05) is 24.3 Å². The number of aryl methyl sites for hydroxylation is 2. The van der Waals surface area contributed by atoms with Crippen molar-refractivity contribution in [1.82, 2.24) is 39.6 Å². The lowest BCUT2D eigenvalue weighted by Crippen LogP contribution is -2.27. The quantitative estimate of drug-likeness (QED) is 0.335. The number of aromatic nitrogens is 7. The fraction of sp³-hybridized carbons (Fsp3) is 0.143. The number of imidazole rings is 1. The maximum atomic E-state index is 12.9. The van der Waals surface area contributed by atoms with Crippen molar-refractivity contribution >= 4 is 34.2 Å². The Labute approximate surface area is 227 Å². The van der Waals surface area contributed by atoms with Crippen molar-refractivity contribution in [2.75, 3.05) is 5.73 Å². The number of rotatable bonds is 5. The molecule has 0 unspecified atom stereocenters. The Kier molecular flexibility index (Phi) is 5.44. The van der Waals surface area contributed by atoms with Crippen LogP contribution in [0.5, 0.6) is 0 Å². The Balaban J connectivity index is 1.33. The van der Waals surface area contributed by atoms with E-state index in [-0.39, 0.29) is 11.9 Å². The van der Waals surface area contributed by atoms with E-state index in [4.69, 9.17) is 15.7 Å². The van der Waals surface area contributed by atoms with Crippen molar-refractivity contribution in [3.63, 3.8) is 0 Å². The molecule has 11 heteroatoms. The van der Waals surface area contributed by atoms with Gasteiger partial charge in [-0.15, -0.1) is 11.3 Å². The van der Waals surface area contributed by atoms with Gasteiger partial charge < -0.3 is 11.1 Å². The van der Waals surface area contributed by atoms with E-state index in [0.717, 1.165) is 40.9 Å². The smallest absolute Gasteiger partial charge is 0.263 e. The number of carbonyl (C=O) groups excluding carboxylic acids is 1. The number of anilines is 1. The molecule has 192 valence electrons. The van der Waals surface area contributed by atoms with E-state index in [1.54, 1.807) is 22.6 Å². The Morgan fingerprint density at radius 1 is 1.10 bits per heavy atom. The van der Waals surface area contributed by atoms with Gasteiger partial charge in [0.15, 0.2) is 17.3 Å². The minimum atomic E-state index is -0.0813. The van der Waals surface area contributed by atoms with Gasteiger partial charge in [0.1, 0.15) is 16.2 Å². The van der Waals surface area contributed by atoms with Crippen LogP contribution >= 0.6 is 11.3 Å². The van der Waals surface area contributed by atoms with Crippen LogP contribution < -0.4 is 11.1 Å². The monoisotopic (exact) mass is 533 g/mol. The van der Waals surface area contributed by atoms with Crippen LogP contribution in [0.15, 0.2) is 72.6 Å². The highest BCUT2D eigenvalue weighted by Crippen LogP contribution is 2.36. The second kappa shape index (κ2) is 9.14. The lowest BCUT2D eigenvalue weighted by Gasteiger charge is -2.15. The zero-order valence-electron chi connectivity index (χ0n) is 20.9. The summed E-state index contributed by atoms with van der Waals surface area (Å²) in [6.45, 7) is 1.86. The summed E-state index contributed by atoms with van der Waals surface area (Å²) in [5, 5.41) is 7.53. The molecule has 0 aliphatic heterocycles. The zero-order chi connectivity index (χ0) is 26.5. The third-order valence-electron chi connectivity index (χ3n) is 7.03. The Bertz CT molecular complexity index is 1850. The molecule has 1 aromatic carbocycles. The van der Waals surface area contributed by atoms with Gasteiger partial charge in [-0.2, -0.15) is 5.10 Å². The van der Waals surface area contributed by atoms with E-state index in [0.29, 0.717) is 28.0 Å². The molecule has 7 rings (SSSR count). The summed E-state index contributed by atoms with van der Waals surface area (Å²) in [5.41, 5.74) is 14.1. The zero-order valence-corrected chi connectivity index (χ0v) is 21.8. The molecule has 0 fully saturated rings. The Morgan fingerprint density at radius 2 is 2.03 bits per heavy atom. The minimum absolute atomic E-state index is 0.0550. The summed E-state index contributed by atoms with van der Waals surface area (Å²) in [7, 11) is 0. The molecule has 39 heavy (non-hydrogen) atoms. The largest absolute Gasteiger partial charge is 0.383 e. The number of nitrogens with one attached hydrogen (secondary N) is 1. The van der Waals surface area contributed by atoms with Gasteiger partial charge in [0.2, 0.25) is 0 Å². The lowest BCUT2D eigenvalue weighted by molar-refractivity contribution is 0.0940. The number of thiazole rings is 1. The standard InChI is InChI=1S/C28H23N9OS/c1-16-24(39-15-31-16)28(38)34-21-8-5-17-14-18(6-7-19(17)21)37-26(20-4-2-11-30-25(20)29)33-22-9-10-23(35-27(22)37)36-13-3-12-32-36/h2-4,6-7,9-15,21H,5,8H2,1H3,(H2,29,30)(H,34,38)/t21-/m0/s1. The van der Waals surface area contributed by atoms with Gasteiger partial charge in [0.05, 0.1) is 22.8 Å². The van der Waals surface area contributed by atoms with Gasteiger partial charge in [-0.3, -0.25) is 9.36 Å². The van der Waals surface area contributed by atoms with Crippen LogP contribution in [0.25, 0.3) is 34.1 Å². The summed E-state index contributed by atoms with van der Waals surface area (Å²) < 4.78 is 3.73. The lowest BCUT2D eigenvalue weighted by atomic mass is 10.1. The van der Waals surface area contributed by atoms with E-state index in [1.165, 1.54) is 16.9 Å². The van der Waals surface area contributed by atoms with Gasteiger partial charge in [-0.05, 0) is 73.4 Å². The van der Waals surface area contributed by atoms with Crippen LogP contribution in [0.4, 0.5) is 5.82 Å². The number of fused-ring (bicyclic) bond motifs is 2. The summed E-state index contributed by atoms with van der Waals surface area (Å²) >= 11 is 1.36. The van der Waals surface area contributed by atoms with Crippen molar-refractivity contribution in [3.05, 3.63) is 94.3 Å². The fourth-order valence-electron chi connectivity index (χ4n) is 5.15. The topological polar surface area (TPSA) is 129 Å². The summed E-state index contributed by atoms with van der Waals surface area (Å²) in [4.78, 5) is 31.9. The first-order valence-electron chi connectivity index (χ1n) is 12.5. The number of benzene rings is 1. The second-order valence-electron chi connectivity index (χ2n) is 9.38. The molecule has 6 aromatic rings. The van der Waals surface area contributed by atoms with E-state index < -0.39 is 0 Å². The third-order valence-corrected chi connectivity index (χ3v) is 7.96. The molecule has 5 heterocycles. The number of hydrogen-bond donors (Lipinski definition) is 2. The predicted molar refractivity (Wildman–Crippen MR) is 149 cm³/mol. The van der Waals surface area contributed by atoms with Crippen LogP contribution in [-0.2, 0) is 6.42 Å². The first-order valence-corrected chi connectivity index (χ1v) is 13.4. The van der Waals surface area contributed by atoms with Gasteiger partial charge in [-0.25, -0.2) is 24.6 Å². The van der Waals surface area contributed by atoms with E-state index in [1.807, 2.05) is 54.1 Å². The van der Waals surface area contributed by atoms with Gasteiger partial charge in [0.25, 0.3) is 5.91 Å². The molecule has 0 radical (unpaired) electrons. The first-order chi connectivity index (χ1) is 19.1. The van der Waals surface area contributed by atoms with Crippen molar-refractivity contribution in [2.24, 2.45) is 0 Å². The number of pyridine rings is 2. The Hall–Kier alpha value is -4.90. The molecule has 5 aromatic heterocycles. The van der Waals surface area contributed by atoms with Crippen molar-refractivity contribution in [1.29, 1.82) is 0 Å². The molecule has 1 aliphatic carbocycles. The molecule has 3 N–H and O–H groups in total. The molecule has 1 atom stereocenters. The summed E-state index contributed by atoms with van der Waals surface area (Å²) in [6.07, 6.45) is 6.91. The highest BCUT2D eigenvalue weighted by Gasteiger charge is 2.27. The second-order valence-corrected chi connectivity index (χ2v) is 10.2. The van der Waals surface area contributed by atoms with Crippen molar-refractivity contribution < 1.29 is 4.79 Å². The first kappa shape index (κ1) is 23.2. The van der Waals surface area contributed by atoms with Gasteiger partial charge >= 0.3 is 0 Å². The average Bonchev–Trinajstić information content (AvgIpc) is 3.75. The van der Waals surface area contributed by atoms with Crippen LogP contribution in [0.3, 0.4) is 0 Å². The minimum Gasteiger partial charge on any atom is -0.383 e. The number of amides is 1. The van der Waals surface area contributed by atoms with Crippen molar-refractivity contribution in [2.45, 2.75) is 25.8 Å². The molecule has 0 saturated carbocycles. The molecule has 0 spiro atoms. The molecule has 0 saturated heterocycles. The number of nitrogen functional groups attached to an aromatic ring is 1. The summed E-state index contributed by atoms with van der Waals surface area (Å²) in [5.74, 6) is 1.65. The van der Waals surface area contributed by atoms with E-state index >= 15 is 0 Å². The SMILES string of the molecule is Cc1ncsc1C(=O)N[C@H]1CCc2cc(-n3c(-c4cccnc4N)nc4ccc(-n5cccn5)nc43)ccc21. The maximum absolute atomic E-state index is 12.9. The van der Waals surface area contributed by atoms with E-state index in [2.05, 4.69) is 32.5 Å². The third kappa shape index (κ3) is 3.94. The number of nitrogens with zero attached hydrogens (tertiary/aromatic N) is 7.